The molecule has 0 aliphatic rings. The summed E-state index contributed by atoms with van der Waals surface area (Å²) in [5.41, 5.74) is 5.48. The highest BCUT2D eigenvalue weighted by Gasteiger charge is 2.15. The number of aliphatic hydroxyl groups is 2. The molecule has 92 valence electrons. The van der Waals surface area contributed by atoms with Gasteiger partial charge in [0, 0.05) is 25.7 Å². The lowest BCUT2D eigenvalue weighted by Gasteiger charge is -2.23. The Bertz CT molecular complexity index is 250. The van der Waals surface area contributed by atoms with E-state index in [1.54, 1.807) is 4.90 Å². The van der Waals surface area contributed by atoms with Crippen LogP contribution in [0.25, 0.3) is 0 Å². The van der Waals surface area contributed by atoms with Crippen LogP contribution in [-0.4, -0.2) is 72.7 Å². The van der Waals surface area contributed by atoms with Crippen LogP contribution >= 0.6 is 0 Å². The Kier molecular flexibility index (Phi) is 6.98. The predicted octanol–water partition coefficient (Wildman–Crippen LogP) is -2.51. The third-order valence-corrected chi connectivity index (χ3v) is 2.60. The number of hydrogen-bond acceptors (Lipinski definition) is 6. The highest BCUT2D eigenvalue weighted by molar-refractivity contribution is 7.85. The van der Waals surface area contributed by atoms with Crippen LogP contribution in [-0.2, 0) is 10.1 Å². The SMILES string of the molecule is NC(CN(CCO)CCO)CS(=O)(=O)O. The molecule has 8 heteroatoms. The van der Waals surface area contributed by atoms with E-state index in [0.29, 0.717) is 13.1 Å². The van der Waals surface area contributed by atoms with Gasteiger partial charge in [-0.2, -0.15) is 8.42 Å². The van der Waals surface area contributed by atoms with E-state index in [4.69, 9.17) is 20.5 Å². The zero-order chi connectivity index (χ0) is 11.9. The maximum atomic E-state index is 10.5. The maximum absolute atomic E-state index is 10.5. The van der Waals surface area contributed by atoms with E-state index in [1.807, 2.05) is 0 Å². The Morgan fingerprint density at radius 2 is 1.67 bits per heavy atom. The summed E-state index contributed by atoms with van der Waals surface area (Å²) in [5, 5.41) is 17.4. The van der Waals surface area contributed by atoms with Crippen molar-refractivity contribution in [1.29, 1.82) is 0 Å². The van der Waals surface area contributed by atoms with Crippen LogP contribution in [0.3, 0.4) is 0 Å². The largest absolute Gasteiger partial charge is 0.395 e. The zero-order valence-electron chi connectivity index (χ0n) is 8.41. The van der Waals surface area contributed by atoms with Crippen molar-refractivity contribution in [2.75, 3.05) is 38.6 Å². The molecule has 0 rings (SSSR count). The molecule has 0 aliphatic heterocycles. The van der Waals surface area contributed by atoms with Crippen LogP contribution < -0.4 is 5.73 Å². The van der Waals surface area contributed by atoms with Crippen LogP contribution in [0.2, 0.25) is 0 Å². The first-order chi connectivity index (χ1) is 6.89. The van der Waals surface area contributed by atoms with Gasteiger partial charge in [0.2, 0.25) is 0 Å². The summed E-state index contributed by atoms with van der Waals surface area (Å²) in [6.45, 7) is 0.609. The average molecular weight is 242 g/mol. The lowest BCUT2D eigenvalue weighted by Crippen LogP contribution is -2.43. The minimum absolute atomic E-state index is 0.0986. The second kappa shape index (κ2) is 7.09. The Balaban J connectivity index is 4.04. The molecule has 0 saturated heterocycles. The van der Waals surface area contributed by atoms with E-state index in [2.05, 4.69) is 0 Å². The Hall–Kier alpha value is -0.250. The lowest BCUT2D eigenvalue weighted by molar-refractivity contribution is 0.157. The molecule has 0 radical (unpaired) electrons. The molecule has 7 nitrogen and oxygen atoms in total. The molecule has 0 amide bonds. The number of nitrogens with zero attached hydrogens (tertiary/aromatic N) is 1. The summed E-state index contributed by atoms with van der Waals surface area (Å²) < 4.78 is 29.5. The van der Waals surface area contributed by atoms with Gasteiger partial charge >= 0.3 is 0 Å². The molecule has 0 spiro atoms. The summed E-state index contributed by atoms with van der Waals surface area (Å²) in [6, 6.07) is -0.738. The van der Waals surface area contributed by atoms with Gasteiger partial charge in [0.15, 0.2) is 0 Å². The van der Waals surface area contributed by atoms with Gasteiger partial charge in [0.25, 0.3) is 10.1 Å². The third-order valence-electron chi connectivity index (χ3n) is 1.75. The summed E-state index contributed by atoms with van der Waals surface area (Å²) in [5.74, 6) is -0.527. The van der Waals surface area contributed by atoms with Crippen molar-refractivity contribution in [3.8, 4) is 0 Å². The summed E-state index contributed by atoms with van der Waals surface area (Å²) in [6.07, 6.45) is 0. The van der Waals surface area contributed by atoms with Gasteiger partial charge in [0.05, 0.1) is 19.0 Å². The number of nitrogens with two attached hydrogens (primary N) is 1. The molecule has 0 saturated carbocycles. The van der Waals surface area contributed by atoms with E-state index in [0.717, 1.165) is 0 Å². The normalized spacial score (nSPS) is 14.5. The summed E-state index contributed by atoms with van der Waals surface area (Å²) in [4.78, 5) is 1.62. The molecule has 0 aromatic carbocycles. The van der Waals surface area contributed by atoms with Crippen molar-refractivity contribution in [2.24, 2.45) is 5.73 Å². The van der Waals surface area contributed by atoms with Gasteiger partial charge in [-0.25, -0.2) is 0 Å². The minimum Gasteiger partial charge on any atom is -0.395 e. The molecule has 0 aromatic rings. The van der Waals surface area contributed by atoms with E-state index >= 15 is 0 Å². The molecule has 15 heavy (non-hydrogen) atoms. The fourth-order valence-corrected chi connectivity index (χ4v) is 1.88. The first kappa shape index (κ1) is 14.8. The second-order valence-corrected chi connectivity index (χ2v) is 4.75. The molecular weight excluding hydrogens is 224 g/mol. The number of aliphatic hydroxyl groups excluding tert-OH is 2. The smallest absolute Gasteiger partial charge is 0.266 e. The molecule has 0 fully saturated rings. The molecule has 0 bridgehead atoms. The quantitative estimate of drug-likeness (QED) is 0.346. The van der Waals surface area contributed by atoms with Crippen LogP contribution in [0.15, 0.2) is 0 Å². The van der Waals surface area contributed by atoms with Gasteiger partial charge in [-0.05, 0) is 0 Å². The van der Waals surface area contributed by atoms with Crippen molar-refractivity contribution in [3.63, 3.8) is 0 Å². The zero-order valence-corrected chi connectivity index (χ0v) is 9.23. The molecule has 0 heterocycles. The highest BCUT2D eigenvalue weighted by atomic mass is 32.2. The van der Waals surface area contributed by atoms with E-state index in [9.17, 15) is 8.42 Å². The van der Waals surface area contributed by atoms with Crippen LogP contribution in [0.5, 0.6) is 0 Å². The lowest BCUT2D eigenvalue weighted by atomic mass is 10.3. The fourth-order valence-electron chi connectivity index (χ4n) is 1.23. The monoisotopic (exact) mass is 242 g/mol. The first-order valence-corrected chi connectivity index (χ1v) is 6.14. The fraction of sp³-hybridized carbons (Fsp3) is 1.00. The van der Waals surface area contributed by atoms with Gasteiger partial charge in [0.1, 0.15) is 0 Å². The Morgan fingerprint density at radius 1 is 1.20 bits per heavy atom. The van der Waals surface area contributed by atoms with Crippen LogP contribution in [0.4, 0.5) is 0 Å². The van der Waals surface area contributed by atoms with Crippen LogP contribution in [0.1, 0.15) is 0 Å². The third kappa shape index (κ3) is 8.73. The average Bonchev–Trinajstić information content (AvgIpc) is 2.00. The summed E-state index contributed by atoms with van der Waals surface area (Å²) >= 11 is 0. The van der Waals surface area contributed by atoms with Crippen molar-refractivity contribution in [3.05, 3.63) is 0 Å². The predicted molar refractivity (Wildman–Crippen MR) is 55.0 cm³/mol. The van der Waals surface area contributed by atoms with Crippen LogP contribution in [0, 0.1) is 0 Å². The molecule has 0 aromatic heterocycles. The summed E-state index contributed by atoms with van der Waals surface area (Å²) in [7, 11) is -4.08. The van der Waals surface area contributed by atoms with E-state index in [-0.39, 0.29) is 19.8 Å². The van der Waals surface area contributed by atoms with E-state index < -0.39 is 21.9 Å². The van der Waals surface area contributed by atoms with Gasteiger partial charge in [-0.3, -0.25) is 9.45 Å². The van der Waals surface area contributed by atoms with Crippen molar-refractivity contribution < 1.29 is 23.2 Å². The molecule has 1 atom stereocenters. The molecule has 1 unspecified atom stereocenters. The van der Waals surface area contributed by atoms with E-state index in [1.165, 1.54) is 0 Å². The molecule has 0 aliphatic carbocycles. The topological polar surface area (TPSA) is 124 Å². The van der Waals surface area contributed by atoms with Gasteiger partial charge in [-0.1, -0.05) is 0 Å². The van der Waals surface area contributed by atoms with Crippen molar-refractivity contribution >= 4 is 10.1 Å². The second-order valence-electron chi connectivity index (χ2n) is 3.26. The van der Waals surface area contributed by atoms with Gasteiger partial charge in [-0.15, -0.1) is 0 Å². The van der Waals surface area contributed by atoms with Gasteiger partial charge < -0.3 is 15.9 Å². The first-order valence-electron chi connectivity index (χ1n) is 4.54. The highest BCUT2D eigenvalue weighted by Crippen LogP contribution is 1.94. The standard InChI is InChI=1S/C7H18N2O5S/c8-7(6-15(12,13)14)5-9(1-3-10)2-4-11/h7,10-11H,1-6,8H2,(H,12,13,14). The van der Waals surface area contributed by atoms with Crippen molar-refractivity contribution in [2.45, 2.75) is 6.04 Å². The van der Waals surface area contributed by atoms with Crippen molar-refractivity contribution in [1.82, 2.24) is 4.90 Å². The molecular formula is C7H18N2O5S. The Labute approximate surface area is 89.2 Å². The maximum Gasteiger partial charge on any atom is 0.266 e. The number of hydrogen-bond donors (Lipinski definition) is 4. The molecule has 5 N–H and O–H groups in total. The minimum atomic E-state index is -4.08. The number of rotatable bonds is 8. The Morgan fingerprint density at radius 3 is 2.00 bits per heavy atom.